The highest BCUT2D eigenvalue weighted by Gasteiger charge is 2.44. The van der Waals surface area contributed by atoms with E-state index in [0.29, 0.717) is 12.8 Å². The van der Waals surface area contributed by atoms with E-state index in [1.165, 1.54) is 41.1 Å². The number of allylic oxidation sites excluding steroid dienone is 4. The minimum Gasteiger partial charge on any atom is -0.481 e. The van der Waals surface area contributed by atoms with Crippen molar-refractivity contribution in [3.8, 4) is 0 Å². The smallest absolute Gasteiger partial charge is 0.303 e. The van der Waals surface area contributed by atoms with E-state index in [9.17, 15) is 9.59 Å². The lowest BCUT2D eigenvalue weighted by molar-refractivity contribution is -0.881. The number of carboxylic acids is 2. The van der Waals surface area contributed by atoms with Gasteiger partial charge in [-0.1, -0.05) is 37.9 Å². The molecule has 2 aromatic carbocycles. The van der Waals surface area contributed by atoms with Gasteiger partial charge in [-0.2, -0.15) is 4.58 Å². The first kappa shape index (κ1) is 41.7. The fourth-order valence-corrected chi connectivity index (χ4v) is 9.38. The van der Waals surface area contributed by atoms with Gasteiger partial charge in [0, 0.05) is 78.6 Å². The number of benzene rings is 2. The number of rotatable bonds is 15. The third-order valence-corrected chi connectivity index (χ3v) is 12.7. The summed E-state index contributed by atoms with van der Waals surface area (Å²) < 4.78 is 5.63. The third kappa shape index (κ3) is 9.67. The van der Waals surface area contributed by atoms with Gasteiger partial charge in [0.05, 0.1) is 24.5 Å². The van der Waals surface area contributed by atoms with E-state index in [0.717, 1.165) is 72.5 Å². The summed E-state index contributed by atoms with van der Waals surface area (Å²) in [6.45, 7) is 12.5. The van der Waals surface area contributed by atoms with Crippen molar-refractivity contribution < 1.29 is 28.9 Å². The highest BCUT2D eigenvalue weighted by Crippen LogP contribution is 2.48. The van der Waals surface area contributed by atoms with Crippen molar-refractivity contribution in [2.24, 2.45) is 0 Å². The number of hydrogen-bond donors (Lipinski definition) is 2. The van der Waals surface area contributed by atoms with E-state index in [2.05, 4.69) is 157 Å². The van der Waals surface area contributed by atoms with Gasteiger partial charge in [-0.15, -0.1) is 0 Å². The van der Waals surface area contributed by atoms with Crippen LogP contribution in [0.1, 0.15) is 90.2 Å². The SMILES string of the molecule is CC1(C)C(=C/C=C2\C[N+](C)(C)CC(/C=C/C3=[N+](CCCCCC(=O)O)c4ccc(I)cc4C3(C)C)=C2Cl)N(CCCCCC(=O)O)c2ccc(I)cc21. The minimum atomic E-state index is -0.736. The molecule has 3 aliphatic heterocycles. The van der Waals surface area contributed by atoms with Crippen LogP contribution in [0.15, 0.2) is 82.6 Å². The largest absolute Gasteiger partial charge is 0.481 e. The molecule has 2 N–H and O–H groups in total. The molecule has 0 saturated heterocycles. The number of carbonyl (C=O) groups is 2. The van der Waals surface area contributed by atoms with Crippen molar-refractivity contribution in [3.05, 3.63) is 101 Å². The van der Waals surface area contributed by atoms with Gasteiger partial charge >= 0.3 is 11.9 Å². The zero-order valence-electron chi connectivity index (χ0n) is 31.9. The molecule has 0 radical (unpaired) electrons. The van der Waals surface area contributed by atoms with Gasteiger partial charge in [-0.3, -0.25) is 9.59 Å². The fraction of sp³-hybridized carbons (Fsp3) is 0.465. The molecule has 0 atom stereocenters. The van der Waals surface area contributed by atoms with Gasteiger partial charge in [-0.05, 0) is 133 Å². The lowest BCUT2D eigenvalue weighted by Crippen LogP contribution is -2.45. The molecule has 2 aromatic rings. The average Bonchev–Trinajstić information content (AvgIpc) is 3.40. The van der Waals surface area contributed by atoms with Gasteiger partial charge in [0.15, 0.2) is 5.71 Å². The number of halogens is 3. The number of likely N-dealkylation sites (N-methyl/N-ethyl adjacent to an activating group) is 1. The van der Waals surface area contributed by atoms with Crippen LogP contribution >= 0.6 is 56.8 Å². The lowest BCUT2D eigenvalue weighted by Gasteiger charge is -2.35. The number of unbranched alkanes of at least 4 members (excludes halogenated alkanes) is 4. The second-order valence-corrected chi connectivity index (χ2v) is 19.2. The van der Waals surface area contributed by atoms with Gasteiger partial charge in [0.25, 0.3) is 0 Å². The van der Waals surface area contributed by atoms with Crippen LogP contribution in [-0.2, 0) is 20.4 Å². The molecule has 0 aromatic heterocycles. The maximum absolute atomic E-state index is 11.1. The highest BCUT2D eigenvalue weighted by molar-refractivity contribution is 14.1. The molecular formula is C43H54ClI2N3O4+2. The Morgan fingerprint density at radius 3 is 2.11 bits per heavy atom. The first-order valence-electron chi connectivity index (χ1n) is 18.7. The minimum absolute atomic E-state index is 0.207. The van der Waals surface area contributed by atoms with E-state index >= 15 is 0 Å². The zero-order chi connectivity index (χ0) is 38.7. The Bertz CT molecular complexity index is 1920. The van der Waals surface area contributed by atoms with Gasteiger partial charge in [-0.25, -0.2) is 0 Å². The Kier molecular flexibility index (Phi) is 13.5. The molecule has 0 saturated carbocycles. The first-order valence-corrected chi connectivity index (χ1v) is 21.2. The Hall–Kier alpha value is -2.48. The van der Waals surface area contributed by atoms with Crippen LogP contribution in [0.4, 0.5) is 11.4 Å². The Labute approximate surface area is 348 Å². The highest BCUT2D eigenvalue weighted by atomic mass is 127. The molecule has 0 unspecified atom stereocenters. The summed E-state index contributed by atoms with van der Waals surface area (Å²) in [5.41, 5.74) is 9.33. The Balaban J connectivity index is 1.49. The van der Waals surface area contributed by atoms with Crippen LogP contribution in [0, 0.1) is 7.14 Å². The fourth-order valence-electron chi connectivity index (χ4n) is 8.16. The molecule has 10 heteroatoms. The molecule has 0 fully saturated rings. The van der Waals surface area contributed by atoms with Crippen LogP contribution in [-0.4, -0.2) is 77.2 Å². The summed E-state index contributed by atoms with van der Waals surface area (Å²) in [5, 5.41) is 19.1. The van der Waals surface area contributed by atoms with E-state index in [1.54, 1.807) is 0 Å². The van der Waals surface area contributed by atoms with Crippen molar-refractivity contribution in [1.82, 2.24) is 0 Å². The first-order chi connectivity index (χ1) is 24.9. The molecule has 3 aliphatic rings. The number of fused-ring (bicyclic) bond motifs is 2. The normalized spacial score (nSPS) is 20.2. The molecule has 53 heavy (non-hydrogen) atoms. The van der Waals surface area contributed by atoms with Crippen LogP contribution in [0.2, 0.25) is 0 Å². The summed E-state index contributed by atoms with van der Waals surface area (Å²) in [4.78, 5) is 24.6. The number of anilines is 1. The second kappa shape index (κ2) is 17.1. The molecule has 0 spiro atoms. The lowest BCUT2D eigenvalue weighted by atomic mass is 9.81. The predicted molar refractivity (Wildman–Crippen MR) is 234 cm³/mol. The van der Waals surface area contributed by atoms with Crippen LogP contribution in [0.25, 0.3) is 0 Å². The zero-order valence-corrected chi connectivity index (χ0v) is 37.0. The van der Waals surface area contributed by atoms with E-state index < -0.39 is 11.9 Å². The number of quaternary nitrogens is 1. The van der Waals surface area contributed by atoms with E-state index in [-0.39, 0.29) is 23.7 Å². The topological polar surface area (TPSA) is 80.9 Å². The average molecular weight is 966 g/mol. The van der Waals surface area contributed by atoms with Crippen LogP contribution in [0.3, 0.4) is 0 Å². The Morgan fingerprint density at radius 2 is 1.45 bits per heavy atom. The van der Waals surface area contributed by atoms with Crippen molar-refractivity contribution in [1.29, 1.82) is 0 Å². The number of nitrogens with zero attached hydrogens (tertiary/aromatic N) is 3. The standard InChI is InChI=1S/C43H52ClI2N3O4/c1-42(2)33-25-31(45)17-19-35(33)47(23-11-7-9-13-39(50)51)37(42)21-15-29-27-49(5,6)28-30(41(29)44)16-22-38-43(3,4)34-26-32(46)18-20-36(34)48(38)24-12-8-10-14-40(52)53/h15-22,25-26H,7-14,23-24,27-28H2,1-6H3/p+2. The monoisotopic (exact) mass is 965 g/mol. The maximum Gasteiger partial charge on any atom is 0.303 e. The summed E-state index contributed by atoms with van der Waals surface area (Å²) in [5.74, 6) is -1.47. The van der Waals surface area contributed by atoms with E-state index in [1.807, 2.05) is 0 Å². The summed E-state index contributed by atoms with van der Waals surface area (Å²) in [6.07, 6.45) is 14.4. The summed E-state index contributed by atoms with van der Waals surface area (Å²) in [7, 11) is 4.51. The summed E-state index contributed by atoms with van der Waals surface area (Å²) >= 11 is 12.1. The number of aliphatic carboxylic acids is 2. The molecule has 3 heterocycles. The summed E-state index contributed by atoms with van der Waals surface area (Å²) in [6, 6.07) is 13.4. The molecule has 7 nitrogen and oxygen atoms in total. The Morgan fingerprint density at radius 1 is 0.830 bits per heavy atom. The molecule has 0 aliphatic carbocycles. The van der Waals surface area contributed by atoms with Crippen molar-refractivity contribution in [3.63, 3.8) is 0 Å². The van der Waals surface area contributed by atoms with Crippen LogP contribution < -0.4 is 4.90 Å². The molecule has 5 rings (SSSR count). The molecule has 284 valence electrons. The molecule has 0 amide bonds. The predicted octanol–water partition coefficient (Wildman–Crippen LogP) is 10.3. The van der Waals surface area contributed by atoms with Crippen molar-refractivity contribution in [2.45, 2.75) is 89.9 Å². The third-order valence-electron chi connectivity index (χ3n) is 10.9. The molecule has 0 bridgehead atoms. The quantitative estimate of drug-likeness (QED) is 0.0805. The van der Waals surface area contributed by atoms with Gasteiger partial charge in [0.2, 0.25) is 5.69 Å². The van der Waals surface area contributed by atoms with Gasteiger partial charge < -0.3 is 19.6 Å². The van der Waals surface area contributed by atoms with Crippen LogP contribution in [0.5, 0.6) is 0 Å². The van der Waals surface area contributed by atoms with Crippen molar-refractivity contribution >= 4 is 85.8 Å². The van der Waals surface area contributed by atoms with Gasteiger partial charge in [0.1, 0.15) is 19.6 Å². The number of hydrogen-bond acceptors (Lipinski definition) is 3. The maximum atomic E-state index is 11.1. The number of carboxylic acid groups (broad SMARTS) is 2. The van der Waals surface area contributed by atoms with E-state index in [4.69, 9.17) is 21.8 Å². The second-order valence-electron chi connectivity index (χ2n) is 16.3. The molecular weight excluding hydrogens is 912 g/mol. The van der Waals surface area contributed by atoms with Crippen molar-refractivity contribution in [2.75, 3.05) is 45.2 Å².